The Kier molecular flexibility index (Phi) is 1.26. The second-order valence-corrected chi connectivity index (χ2v) is 3.64. The first-order valence-corrected chi connectivity index (χ1v) is 4.65. The monoisotopic (exact) mass is 173 g/mol. The van der Waals surface area contributed by atoms with Gasteiger partial charge in [-0.05, 0) is 25.8 Å². The predicted molar refractivity (Wildman–Crippen MR) is 50.5 cm³/mol. The molecule has 0 unspecified atom stereocenters. The second-order valence-electron chi connectivity index (χ2n) is 3.64. The van der Waals surface area contributed by atoms with E-state index >= 15 is 0 Å². The van der Waals surface area contributed by atoms with Crippen LogP contribution in [0.15, 0.2) is 18.5 Å². The van der Waals surface area contributed by atoms with Crippen molar-refractivity contribution in [1.29, 1.82) is 0 Å². The van der Waals surface area contributed by atoms with Gasteiger partial charge in [-0.1, -0.05) is 0 Å². The molecule has 2 aromatic heterocycles. The van der Waals surface area contributed by atoms with Crippen molar-refractivity contribution in [2.45, 2.75) is 25.8 Å². The van der Waals surface area contributed by atoms with E-state index in [1.807, 2.05) is 13.1 Å². The van der Waals surface area contributed by atoms with E-state index in [2.05, 4.69) is 26.8 Å². The lowest BCUT2D eigenvalue weighted by Gasteiger charge is -2.00. The van der Waals surface area contributed by atoms with Gasteiger partial charge >= 0.3 is 0 Å². The van der Waals surface area contributed by atoms with Crippen molar-refractivity contribution in [2.75, 3.05) is 0 Å². The molecule has 1 saturated carbocycles. The van der Waals surface area contributed by atoms with E-state index in [4.69, 9.17) is 0 Å². The topological polar surface area (TPSA) is 30.7 Å². The number of hydrogen-bond donors (Lipinski definition) is 0. The quantitative estimate of drug-likeness (QED) is 0.661. The molecule has 1 fully saturated rings. The van der Waals surface area contributed by atoms with Crippen LogP contribution in [0.1, 0.15) is 24.7 Å². The van der Waals surface area contributed by atoms with Crippen LogP contribution in [0.5, 0.6) is 0 Å². The molecule has 3 rings (SSSR count). The van der Waals surface area contributed by atoms with E-state index < -0.39 is 0 Å². The fourth-order valence-corrected chi connectivity index (χ4v) is 1.71. The lowest BCUT2D eigenvalue weighted by atomic mass is 10.4. The molecule has 0 amide bonds. The van der Waals surface area contributed by atoms with Crippen molar-refractivity contribution in [3.05, 3.63) is 24.3 Å². The SMILES string of the molecule is Cc1ncc2c(ccn2C2CC2)n1. The molecular weight excluding hydrogens is 162 g/mol. The minimum Gasteiger partial charge on any atom is -0.342 e. The van der Waals surface area contributed by atoms with E-state index in [0.29, 0.717) is 6.04 Å². The van der Waals surface area contributed by atoms with Crippen molar-refractivity contribution in [3.8, 4) is 0 Å². The Hall–Kier alpha value is -1.38. The zero-order valence-corrected chi connectivity index (χ0v) is 7.57. The summed E-state index contributed by atoms with van der Waals surface area (Å²) in [6.45, 7) is 1.92. The van der Waals surface area contributed by atoms with Gasteiger partial charge in [0.1, 0.15) is 5.82 Å². The third-order valence-corrected chi connectivity index (χ3v) is 2.53. The van der Waals surface area contributed by atoms with Gasteiger partial charge in [0, 0.05) is 12.2 Å². The molecule has 1 aliphatic rings. The summed E-state index contributed by atoms with van der Waals surface area (Å²) in [6, 6.07) is 2.78. The Balaban J connectivity index is 2.26. The van der Waals surface area contributed by atoms with E-state index in [1.165, 1.54) is 18.4 Å². The minimum absolute atomic E-state index is 0.712. The van der Waals surface area contributed by atoms with Crippen LogP contribution >= 0.6 is 0 Å². The molecule has 0 saturated heterocycles. The van der Waals surface area contributed by atoms with Gasteiger partial charge < -0.3 is 4.57 Å². The van der Waals surface area contributed by atoms with Crippen LogP contribution in [-0.4, -0.2) is 14.5 Å². The van der Waals surface area contributed by atoms with Gasteiger partial charge in [-0.3, -0.25) is 0 Å². The van der Waals surface area contributed by atoms with E-state index in [-0.39, 0.29) is 0 Å². The van der Waals surface area contributed by atoms with Crippen molar-refractivity contribution in [3.63, 3.8) is 0 Å². The summed E-state index contributed by atoms with van der Waals surface area (Å²) in [7, 11) is 0. The maximum absolute atomic E-state index is 4.37. The van der Waals surface area contributed by atoms with Gasteiger partial charge in [0.25, 0.3) is 0 Å². The molecule has 0 spiro atoms. The highest BCUT2D eigenvalue weighted by Crippen LogP contribution is 2.37. The third-order valence-electron chi connectivity index (χ3n) is 2.53. The largest absolute Gasteiger partial charge is 0.342 e. The van der Waals surface area contributed by atoms with Crippen LogP contribution in [0.2, 0.25) is 0 Å². The number of aromatic nitrogens is 3. The lowest BCUT2D eigenvalue weighted by Crippen LogP contribution is -1.93. The molecule has 13 heavy (non-hydrogen) atoms. The Morgan fingerprint density at radius 1 is 1.46 bits per heavy atom. The Morgan fingerprint density at radius 2 is 2.31 bits per heavy atom. The van der Waals surface area contributed by atoms with Crippen LogP contribution in [-0.2, 0) is 0 Å². The molecule has 0 atom stereocenters. The van der Waals surface area contributed by atoms with Crippen molar-refractivity contribution in [1.82, 2.24) is 14.5 Å². The van der Waals surface area contributed by atoms with Crippen LogP contribution < -0.4 is 0 Å². The Labute approximate surface area is 76.4 Å². The summed E-state index contributed by atoms with van der Waals surface area (Å²) >= 11 is 0. The summed E-state index contributed by atoms with van der Waals surface area (Å²) in [6.07, 6.45) is 6.65. The summed E-state index contributed by atoms with van der Waals surface area (Å²) < 4.78 is 2.29. The molecule has 1 aliphatic carbocycles. The van der Waals surface area contributed by atoms with E-state index in [0.717, 1.165) is 11.3 Å². The van der Waals surface area contributed by atoms with Gasteiger partial charge in [-0.2, -0.15) is 0 Å². The van der Waals surface area contributed by atoms with Gasteiger partial charge in [0.15, 0.2) is 0 Å². The molecular formula is C10H11N3. The summed E-state index contributed by atoms with van der Waals surface area (Å²) in [5, 5.41) is 0. The van der Waals surface area contributed by atoms with E-state index in [1.54, 1.807) is 0 Å². The van der Waals surface area contributed by atoms with Crippen LogP contribution in [0.4, 0.5) is 0 Å². The molecule has 0 aliphatic heterocycles. The van der Waals surface area contributed by atoms with Gasteiger partial charge in [-0.15, -0.1) is 0 Å². The number of rotatable bonds is 1. The zero-order chi connectivity index (χ0) is 8.84. The molecule has 2 heterocycles. The maximum Gasteiger partial charge on any atom is 0.126 e. The number of nitrogens with zero attached hydrogens (tertiary/aromatic N) is 3. The van der Waals surface area contributed by atoms with Crippen LogP contribution in [0.3, 0.4) is 0 Å². The molecule has 0 N–H and O–H groups in total. The molecule has 3 nitrogen and oxygen atoms in total. The standard InChI is InChI=1S/C10H11N3/c1-7-11-6-10-9(12-7)4-5-13(10)8-2-3-8/h4-6,8H,2-3H2,1H3. The smallest absolute Gasteiger partial charge is 0.126 e. The molecule has 0 aromatic carbocycles. The predicted octanol–water partition coefficient (Wildman–Crippen LogP) is 2.07. The lowest BCUT2D eigenvalue weighted by molar-refractivity contribution is 0.773. The highest BCUT2D eigenvalue weighted by molar-refractivity contribution is 5.74. The molecule has 66 valence electrons. The normalized spacial score (nSPS) is 16.7. The minimum atomic E-state index is 0.712. The van der Waals surface area contributed by atoms with Crippen LogP contribution in [0.25, 0.3) is 11.0 Å². The fourth-order valence-electron chi connectivity index (χ4n) is 1.71. The highest BCUT2D eigenvalue weighted by Gasteiger charge is 2.24. The van der Waals surface area contributed by atoms with Gasteiger partial charge in [0.2, 0.25) is 0 Å². The first-order chi connectivity index (χ1) is 6.34. The number of aryl methyl sites for hydroxylation is 1. The number of hydrogen-bond acceptors (Lipinski definition) is 2. The van der Waals surface area contributed by atoms with Gasteiger partial charge in [-0.25, -0.2) is 9.97 Å². The number of fused-ring (bicyclic) bond motifs is 1. The Morgan fingerprint density at radius 3 is 3.08 bits per heavy atom. The summed E-state index contributed by atoms with van der Waals surface area (Å²) in [5.74, 6) is 0.848. The fraction of sp³-hybridized carbons (Fsp3) is 0.400. The molecule has 3 heteroatoms. The van der Waals surface area contributed by atoms with Crippen molar-refractivity contribution in [2.24, 2.45) is 0 Å². The summed E-state index contributed by atoms with van der Waals surface area (Å²) in [4.78, 5) is 8.59. The highest BCUT2D eigenvalue weighted by atomic mass is 15.1. The Bertz CT molecular complexity index is 454. The molecule has 2 aromatic rings. The molecule has 0 bridgehead atoms. The van der Waals surface area contributed by atoms with E-state index in [9.17, 15) is 0 Å². The van der Waals surface area contributed by atoms with Gasteiger partial charge in [0.05, 0.1) is 17.2 Å². The average Bonchev–Trinajstić information content (AvgIpc) is 2.87. The van der Waals surface area contributed by atoms with Crippen molar-refractivity contribution >= 4 is 11.0 Å². The average molecular weight is 173 g/mol. The van der Waals surface area contributed by atoms with Crippen molar-refractivity contribution < 1.29 is 0 Å². The molecule has 0 radical (unpaired) electrons. The second kappa shape index (κ2) is 2.31. The third kappa shape index (κ3) is 1.03. The maximum atomic E-state index is 4.37. The van der Waals surface area contributed by atoms with Crippen LogP contribution in [0, 0.1) is 6.92 Å². The first kappa shape index (κ1) is 7.06. The summed E-state index contributed by atoms with van der Waals surface area (Å²) in [5.41, 5.74) is 2.24. The zero-order valence-electron chi connectivity index (χ0n) is 7.57. The first-order valence-electron chi connectivity index (χ1n) is 4.65.